The van der Waals surface area contributed by atoms with E-state index in [9.17, 15) is 4.79 Å². The predicted molar refractivity (Wildman–Crippen MR) is 88.7 cm³/mol. The van der Waals surface area contributed by atoms with E-state index in [1.165, 1.54) is 0 Å². The van der Waals surface area contributed by atoms with Crippen molar-refractivity contribution in [3.05, 3.63) is 54.4 Å². The van der Waals surface area contributed by atoms with Gasteiger partial charge in [0.15, 0.2) is 0 Å². The number of ether oxygens (including phenoxy) is 1. The highest BCUT2D eigenvalue weighted by molar-refractivity contribution is 5.92. The molecule has 23 heavy (non-hydrogen) atoms. The number of pyridine rings is 1. The summed E-state index contributed by atoms with van der Waals surface area (Å²) in [6, 6.07) is 13.3. The molecule has 0 unspecified atom stereocenters. The van der Waals surface area contributed by atoms with Crippen molar-refractivity contribution in [2.24, 2.45) is 0 Å². The van der Waals surface area contributed by atoms with Gasteiger partial charge in [-0.1, -0.05) is 18.2 Å². The lowest BCUT2D eigenvalue weighted by molar-refractivity contribution is 0.0692. The molecule has 120 valence electrons. The maximum atomic E-state index is 12.6. The van der Waals surface area contributed by atoms with E-state index in [0.29, 0.717) is 17.5 Å². The van der Waals surface area contributed by atoms with E-state index in [4.69, 9.17) is 4.74 Å². The molecule has 1 N–H and O–H groups in total. The van der Waals surface area contributed by atoms with Crippen molar-refractivity contribution in [1.29, 1.82) is 0 Å². The van der Waals surface area contributed by atoms with Gasteiger partial charge in [-0.2, -0.15) is 0 Å². The molecule has 0 aliphatic carbocycles. The standard InChI is InChI=1S/C18H21N3O2/c1-19-14-6-5-11-21(13-14)18(22)17-12-16(9-10-20-17)23-15-7-3-2-4-8-15/h2-4,7-10,12,14,19H,5-6,11,13H2,1H3/t14-/m1/s1. The third-order valence-electron chi connectivity index (χ3n) is 4.05. The molecule has 2 heterocycles. The van der Waals surface area contributed by atoms with Crippen molar-refractivity contribution in [1.82, 2.24) is 15.2 Å². The van der Waals surface area contributed by atoms with Crippen LogP contribution in [0, 0.1) is 0 Å². The Morgan fingerprint density at radius 3 is 2.87 bits per heavy atom. The summed E-state index contributed by atoms with van der Waals surface area (Å²) in [4.78, 5) is 18.7. The van der Waals surface area contributed by atoms with E-state index in [2.05, 4.69) is 10.3 Å². The minimum atomic E-state index is -0.0385. The van der Waals surface area contributed by atoms with Gasteiger partial charge in [0, 0.05) is 31.4 Å². The Bertz CT molecular complexity index is 660. The van der Waals surface area contributed by atoms with Gasteiger partial charge in [-0.05, 0) is 38.1 Å². The monoisotopic (exact) mass is 311 g/mol. The smallest absolute Gasteiger partial charge is 0.272 e. The van der Waals surface area contributed by atoms with E-state index in [1.54, 1.807) is 18.3 Å². The second kappa shape index (κ2) is 7.24. The van der Waals surface area contributed by atoms with Crippen LogP contribution in [0.2, 0.25) is 0 Å². The summed E-state index contributed by atoms with van der Waals surface area (Å²) in [6.45, 7) is 1.50. The van der Waals surface area contributed by atoms with Crippen LogP contribution in [-0.2, 0) is 0 Å². The predicted octanol–water partition coefficient (Wildman–Crippen LogP) is 2.70. The molecule has 1 aromatic carbocycles. The number of likely N-dealkylation sites (tertiary alicyclic amines) is 1. The van der Waals surface area contributed by atoms with Crippen molar-refractivity contribution >= 4 is 5.91 Å². The SMILES string of the molecule is CN[C@@H]1CCCN(C(=O)c2cc(Oc3ccccc3)ccn2)C1. The van der Waals surface area contributed by atoms with E-state index >= 15 is 0 Å². The lowest BCUT2D eigenvalue weighted by atomic mass is 10.1. The van der Waals surface area contributed by atoms with Crippen molar-refractivity contribution in [2.45, 2.75) is 18.9 Å². The number of piperidine rings is 1. The van der Waals surface area contributed by atoms with Gasteiger partial charge in [-0.15, -0.1) is 0 Å². The summed E-state index contributed by atoms with van der Waals surface area (Å²) < 4.78 is 5.78. The van der Waals surface area contributed by atoms with Gasteiger partial charge < -0.3 is 15.0 Å². The van der Waals surface area contributed by atoms with Gasteiger partial charge in [0.05, 0.1) is 0 Å². The topological polar surface area (TPSA) is 54.5 Å². The van der Waals surface area contributed by atoms with Crippen LogP contribution in [0.5, 0.6) is 11.5 Å². The van der Waals surface area contributed by atoms with Gasteiger partial charge in [0.1, 0.15) is 17.2 Å². The van der Waals surface area contributed by atoms with Crippen LogP contribution in [0.3, 0.4) is 0 Å². The fraction of sp³-hybridized carbons (Fsp3) is 0.333. The van der Waals surface area contributed by atoms with Crippen LogP contribution in [0.4, 0.5) is 0 Å². The van der Waals surface area contributed by atoms with Crippen LogP contribution in [0.1, 0.15) is 23.3 Å². The molecule has 1 aliphatic heterocycles. The van der Waals surface area contributed by atoms with Crippen LogP contribution in [-0.4, -0.2) is 42.0 Å². The number of likely N-dealkylation sites (N-methyl/N-ethyl adjacent to an activating group) is 1. The Morgan fingerprint density at radius 2 is 2.09 bits per heavy atom. The zero-order chi connectivity index (χ0) is 16.1. The highest BCUT2D eigenvalue weighted by atomic mass is 16.5. The summed E-state index contributed by atoms with van der Waals surface area (Å²) in [6.07, 6.45) is 3.73. The Morgan fingerprint density at radius 1 is 1.26 bits per heavy atom. The number of para-hydroxylation sites is 1. The van der Waals surface area contributed by atoms with Crippen molar-refractivity contribution < 1.29 is 9.53 Å². The Balaban J connectivity index is 1.72. The molecule has 1 saturated heterocycles. The Hall–Kier alpha value is -2.40. The third kappa shape index (κ3) is 3.87. The Kier molecular flexibility index (Phi) is 4.88. The van der Waals surface area contributed by atoms with Crippen LogP contribution in [0.25, 0.3) is 0 Å². The molecule has 1 aromatic heterocycles. The third-order valence-corrected chi connectivity index (χ3v) is 4.05. The number of carbonyl (C=O) groups excluding carboxylic acids is 1. The van der Waals surface area contributed by atoms with Gasteiger partial charge in [-0.3, -0.25) is 9.78 Å². The molecule has 3 rings (SSSR count). The molecule has 0 saturated carbocycles. The molecule has 5 heteroatoms. The lowest BCUT2D eigenvalue weighted by Crippen LogP contribution is -2.47. The molecule has 2 aromatic rings. The molecule has 1 atom stereocenters. The summed E-state index contributed by atoms with van der Waals surface area (Å²) in [5.41, 5.74) is 0.426. The summed E-state index contributed by atoms with van der Waals surface area (Å²) in [5, 5.41) is 3.25. The van der Waals surface area contributed by atoms with Crippen LogP contribution < -0.4 is 10.1 Å². The van der Waals surface area contributed by atoms with Crippen molar-refractivity contribution in [2.75, 3.05) is 20.1 Å². The van der Waals surface area contributed by atoms with Crippen molar-refractivity contribution in [3.63, 3.8) is 0 Å². The van der Waals surface area contributed by atoms with Gasteiger partial charge in [0.25, 0.3) is 5.91 Å². The number of nitrogens with zero attached hydrogens (tertiary/aromatic N) is 2. The minimum absolute atomic E-state index is 0.0385. The fourth-order valence-corrected chi connectivity index (χ4v) is 2.78. The fourth-order valence-electron chi connectivity index (χ4n) is 2.78. The first-order valence-corrected chi connectivity index (χ1v) is 7.92. The number of nitrogens with one attached hydrogen (secondary N) is 1. The number of hydrogen-bond acceptors (Lipinski definition) is 4. The zero-order valence-electron chi connectivity index (χ0n) is 13.2. The molecular formula is C18H21N3O2. The van der Waals surface area contributed by atoms with Gasteiger partial charge in [0.2, 0.25) is 0 Å². The number of rotatable bonds is 4. The first kappa shape index (κ1) is 15.5. The van der Waals surface area contributed by atoms with E-state index in [0.717, 1.165) is 31.7 Å². The Labute approximate surface area is 136 Å². The number of benzene rings is 1. The zero-order valence-corrected chi connectivity index (χ0v) is 13.2. The summed E-state index contributed by atoms with van der Waals surface area (Å²) in [7, 11) is 1.94. The van der Waals surface area contributed by atoms with Crippen LogP contribution in [0.15, 0.2) is 48.7 Å². The van der Waals surface area contributed by atoms with Gasteiger partial charge >= 0.3 is 0 Å². The largest absolute Gasteiger partial charge is 0.457 e. The highest BCUT2D eigenvalue weighted by Gasteiger charge is 2.24. The summed E-state index contributed by atoms with van der Waals surface area (Å²) in [5.74, 6) is 1.32. The first-order valence-electron chi connectivity index (χ1n) is 7.92. The van der Waals surface area contributed by atoms with E-state index in [1.807, 2.05) is 42.3 Å². The molecule has 0 spiro atoms. The minimum Gasteiger partial charge on any atom is -0.457 e. The van der Waals surface area contributed by atoms with Gasteiger partial charge in [-0.25, -0.2) is 0 Å². The second-order valence-electron chi connectivity index (χ2n) is 5.67. The number of carbonyl (C=O) groups is 1. The summed E-state index contributed by atoms with van der Waals surface area (Å²) >= 11 is 0. The van der Waals surface area contributed by atoms with E-state index in [-0.39, 0.29) is 5.91 Å². The highest BCUT2D eigenvalue weighted by Crippen LogP contribution is 2.22. The molecule has 1 aliphatic rings. The molecule has 0 radical (unpaired) electrons. The average Bonchev–Trinajstić information content (AvgIpc) is 2.62. The number of amides is 1. The molecule has 1 amide bonds. The molecule has 0 bridgehead atoms. The van der Waals surface area contributed by atoms with Crippen LogP contribution >= 0.6 is 0 Å². The molecule has 1 fully saturated rings. The normalized spacial score (nSPS) is 17.8. The first-order chi connectivity index (χ1) is 11.3. The van der Waals surface area contributed by atoms with Crippen molar-refractivity contribution in [3.8, 4) is 11.5 Å². The second-order valence-corrected chi connectivity index (χ2v) is 5.67. The number of aromatic nitrogens is 1. The maximum absolute atomic E-state index is 12.6. The quantitative estimate of drug-likeness (QED) is 0.943. The lowest BCUT2D eigenvalue weighted by Gasteiger charge is -2.32. The van der Waals surface area contributed by atoms with E-state index < -0.39 is 0 Å². The average molecular weight is 311 g/mol. The number of hydrogen-bond donors (Lipinski definition) is 1. The molecular weight excluding hydrogens is 290 g/mol. The molecule has 5 nitrogen and oxygen atoms in total. The maximum Gasteiger partial charge on any atom is 0.272 e.